The number of fused-ring (bicyclic) bond motifs is 2. The number of rotatable bonds is 5. The van der Waals surface area contributed by atoms with E-state index in [-0.39, 0.29) is 0 Å². The normalized spacial score (nSPS) is 11.3. The first-order valence-electron chi connectivity index (χ1n) is 9.46. The molecule has 4 aromatic rings. The van der Waals surface area contributed by atoms with Crippen LogP contribution in [0.1, 0.15) is 24.2 Å². The maximum atomic E-state index is 2.28. The molecule has 0 fully saturated rings. The zero-order valence-electron chi connectivity index (χ0n) is 15.7. The Balaban J connectivity index is 1.50. The summed E-state index contributed by atoms with van der Waals surface area (Å²) in [4.78, 5) is 0. The van der Waals surface area contributed by atoms with Crippen molar-refractivity contribution in [2.24, 2.45) is 14.1 Å². The van der Waals surface area contributed by atoms with Crippen LogP contribution in [0.15, 0.2) is 73.1 Å². The van der Waals surface area contributed by atoms with Gasteiger partial charge in [-0.1, -0.05) is 36.4 Å². The highest BCUT2D eigenvalue weighted by Gasteiger charge is 2.14. The van der Waals surface area contributed by atoms with Crippen LogP contribution in [0.2, 0.25) is 0 Å². The smallest absolute Gasteiger partial charge is 0.188 e. The van der Waals surface area contributed by atoms with Gasteiger partial charge in [-0.3, -0.25) is 0 Å². The number of nitrogens with zero attached hydrogens (tertiary/aromatic N) is 2. The summed E-state index contributed by atoms with van der Waals surface area (Å²) in [6.07, 6.45) is 9.00. The number of pyridine rings is 2. The van der Waals surface area contributed by atoms with Crippen LogP contribution in [0.25, 0.3) is 21.5 Å². The van der Waals surface area contributed by atoms with E-state index in [4.69, 9.17) is 0 Å². The van der Waals surface area contributed by atoms with Gasteiger partial charge in [0, 0.05) is 35.7 Å². The van der Waals surface area contributed by atoms with Gasteiger partial charge in [0.2, 0.25) is 0 Å². The van der Waals surface area contributed by atoms with Crippen molar-refractivity contribution in [1.29, 1.82) is 0 Å². The Bertz CT molecular complexity index is 979. The molecule has 0 radical (unpaired) electrons. The van der Waals surface area contributed by atoms with E-state index in [1.165, 1.54) is 45.8 Å². The summed E-state index contributed by atoms with van der Waals surface area (Å²) in [6.45, 7) is 0. The molecular formula is C24H26N2+2. The predicted octanol–water partition coefficient (Wildman–Crippen LogP) is 4.21. The third-order valence-corrected chi connectivity index (χ3v) is 5.43. The second-order valence-electron chi connectivity index (χ2n) is 7.13. The van der Waals surface area contributed by atoms with Crippen molar-refractivity contribution in [2.45, 2.75) is 25.7 Å². The van der Waals surface area contributed by atoms with E-state index in [1.54, 1.807) is 0 Å². The molecule has 0 bridgehead atoms. The fourth-order valence-electron chi connectivity index (χ4n) is 3.96. The summed E-state index contributed by atoms with van der Waals surface area (Å²) in [5, 5.41) is 5.43. The lowest BCUT2D eigenvalue weighted by Crippen LogP contribution is -2.34. The highest BCUT2D eigenvalue weighted by molar-refractivity contribution is 5.84. The second-order valence-corrected chi connectivity index (χ2v) is 7.13. The highest BCUT2D eigenvalue weighted by Crippen LogP contribution is 2.19. The largest absolute Gasteiger partial charge is 0.205 e. The van der Waals surface area contributed by atoms with Gasteiger partial charge in [0.15, 0.2) is 23.8 Å². The Morgan fingerprint density at radius 2 is 1.00 bits per heavy atom. The molecule has 0 aliphatic heterocycles. The van der Waals surface area contributed by atoms with E-state index < -0.39 is 0 Å². The van der Waals surface area contributed by atoms with Crippen LogP contribution in [-0.2, 0) is 26.9 Å². The lowest BCUT2D eigenvalue weighted by molar-refractivity contribution is -0.678. The average molecular weight is 342 g/mol. The van der Waals surface area contributed by atoms with Gasteiger partial charge in [-0.25, -0.2) is 9.13 Å². The van der Waals surface area contributed by atoms with Crippen molar-refractivity contribution in [1.82, 2.24) is 0 Å². The van der Waals surface area contributed by atoms with Gasteiger partial charge < -0.3 is 0 Å². The zero-order chi connectivity index (χ0) is 17.9. The summed E-state index contributed by atoms with van der Waals surface area (Å²) < 4.78 is 4.56. The Morgan fingerprint density at radius 1 is 0.577 bits per heavy atom. The molecule has 0 atom stereocenters. The van der Waals surface area contributed by atoms with Crippen LogP contribution >= 0.6 is 0 Å². The number of benzene rings is 2. The van der Waals surface area contributed by atoms with Gasteiger partial charge >= 0.3 is 0 Å². The fourth-order valence-corrected chi connectivity index (χ4v) is 3.96. The number of aromatic nitrogens is 2. The maximum absolute atomic E-state index is 2.28. The third-order valence-electron chi connectivity index (χ3n) is 5.43. The van der Waals surface area contributed by atoms with E-state index in [0.717, 1.165) is 12.8 Å². The molecule has 0 spiro atoms. The highest BCUT2D eigenvalue weighted by atomic mass is 14.9. The summed E-state index contributed by atoms with van der Waals surface area (Å²) in [5.74, 6) is 0. The molecule has 2 heteroatoms. The van der Waals surface area contributed by atoms with E-state index in [0.29, 0.717) is 0 Å². The number of unbranched alkanes of at least 4 members (excludes halogenated alkanes) is 1. The number of hydrogen-bond donors (Lipinski definition) is 0. The molecule has 0 unspecified atom stereocenters. The monoisotopic (exact) mass is 342 g/mol. The van der Waals surface area contributed by atoms with Gasteiger partial charge in [0.1, 0.15) is 14.1 Å². The van der Waals surface area contributed by atoms with Gasteiger partial charge in [-0.15, -0.1) is 0 Å². The van der Waals surface area contributed by atoms with Crippen LogP contribution < -0.4 is 9.13 Å². The fraction of sp³-hybridized carbons (Fsp3) is 0.250. The molecule has 2 aromatic carbocycles. The molecule has 2 nitrogen and oxygen atoms in total. The van der Waals surface area contributed by atoms with Gasteiger partial charge in [0.05, 0.1) is 0 Å². The molecular weight excluding hydrogens is 316 g/mol. The summed E-state index contributed by atoms with van der Waals surface area (Å²) in [7, 11) is 4.32. The van der Waals surface area contributed by atoms with Crippen LogP contribution in [-0.4, -0.2) is 0 Å². The summed E-state index contributed by atoms with van der Waals surface area (Å²) in [5.41, 5.74) is 2.87. The third kappa shape index (κ3) is 3.20. The molecule has 0 saturated carbocycles. The van der Waals surface area contributed by atoms with Crippen molar-refractivity contribution < 1.29 is 9.13 Å². The standard InChI is InChI=1S/C24H26N2/c1-25-17-15-19-9-3-5-11-21(19)23(25)13-7-8-14-24-22-12-6-4-10-20(22)16-18-26(24)2/h3-6,9-12,15-18H,7-8,13-14H2,1-2H3/q+2. The summed E-state index contributed by atoms with van der Waals surface area (Å²) in [6, 6.07) is 21.8. The van der Waals surface area contributed by atoms with Gasteiger partial charge in [-0.2, -0.15) is 0 Å². The predicted molar refractivity (Wildman–Crippen MR) is 107 cm³/mol. The van der Waals surface area contributed by atoms with E-state index in [1.807, 2.05) is 0 Å². The molecule has 2 aromatic heterocycles. The van der Waals surface area contributed by atoms with Crippen molar-refractivity contribution in [2.75, 3.05) is 0 Å². The van der Waals surface area contributed by atoms with E-state index >= 15 is 0 Å². The molecule has 130 valence electrons. The van der Waals surface area contributed by atoms with Gasteiger partial charge in [0.25, 0.3) is 0 Å². The Kier molecular flexibility index (Phi) is 4.66. The van der Waals surface area contributed by atoms with Crippen molar-refractivity contribution in [3.8, 4) is 0 Å². The van der Waals surface area contributed by atoms with Crippen molar-refractivity contribution >= 4 is 21.5 Å². The Labute approximate surface area is 155 Å². The summed E-state index contributed by atoms with van der Waals surface area (Å²) >= 11 is 0. The molecule has 0 aliphatic carbocycles. The Morgan fingerprint density at radius 3 is 1.46 bits per heavy atom. The van der Waals surface area contributed by atoms with Gasteiger partial charge in [-0.05, 0) is 35.7 Å². The first-order valence-corrected chi connectivity index (χ1v) is 9.46. The van der Waals surface area contributed by atoms with Crippen LogP contribution in [0.5, 0.6) is 0 Å². The zero-order valence-corrected chi connectivity index (χ0v) is 15.7. The van der Waals surface area contributed by atoms with Crippen LogP contribution in [0.3, 0.4) is 0 Å². The first kappa shape index (κ1) is 16.7. The molecule has 2 heterocycles. The number of hydrogen-bond acceptors (Lipinski definition) is 0. The van der Waals surface area contributed by atoms with E-state index in [2.05, 4.69) is 96.3 Å². The second kappa shape index (κ2) is 7.25. The minimum atomic E-state index is 1.12. The molecule has 0 aliphatic rings. The molecule has 4 rings (SSSR count). The molecule has 26 heavy (non-hydrogen) atoms. The van der Waals surface area contributed by atoms with Crippen LogP contribution in [0.4, 0.5) is 0 Å². The van der Waals surface area contributed by atoms with Crippen molar-refractivity contribution in [3.05, 3.63) is 84.4 Å². The number of aryl methyl sites for hydroxylation is 4. The quantitative estimate of drug-likeness (QED) is 0.379. The minimum absolute atomic E-state index is 1.12. The lowest BCUT2D eigenvalue weighted by Gasteiger charge is -2.06. The van der Waals surface area contributed by atoms with E-state index in [9.17, 15) is 0 Å². The topological polar surface area (TPSA) is 7.76 Å². The average Bonchev–Trinajstić information content (AvgIpc) is 2.68. The SMILES string of the molecule is C[n+]1ccc2ccccc2c1CCCCc1c2ccccc2cc[n+]1C. The van der Waals surface area contributed by atoms with Crippen LogP contribution in [0, 0.1) is 0 Å². The Hall–Kier alpha value is -2.74. The first-order chi connectivity index (χ1) is 12.7. The minimum Gasteiger partial charge on any atom is -0.205 e. The lowest BCUT2D eigenvalue weighted by atomic mass is 10.0. The molecule has 0 saturated heterocycles. The molecule has 0 amide bonds. The molecule has 0 N–H and O–H groups in total. The van der Waals surface area contributed by atoms with Crippen molar-refractivity contribution in [3.63, 3.8) is 0 Å². The maximum Gasteiger partial charge on any atom is 0.188 e.